The van der Waals surface area contributed by atoms with E-state index in [0.29, 0.717) is 36.4 Å². The molecular weight excluding hydrogens is 324 g/mol. The maximum Gasteiger partial charge on any atom is 0.261 e. The minimum atomic E-state index is -0.443. The van der Waals surface area contributed by atoms with Gasteiger partial charge in [-0.3, -0.25) is 19.3 Å². The number of benzene rings is 1. The second-order valence-electron chi connectivity index (χ2n) is 6.61. The lowest BCUT2D eigenvalue weighted by Crippen LogP contribution is -2.36. The number of carbonyl (C=O) groups excluding carboxylic acids is 3. The molecule has 25 heavy (non-hydrogen) atoms. The smallest absolute Gasteiger partial charge is 0.261 e. The molecule has 3 heterocycles. The molecule has 2 saturated heterocycles. The van der Waals surface area contributed by atoms with Crippen LogP contribution in [0.15, 0.2) is 18.2 Å². The monoisotopic (exact) mass is 344 g/mol. The Morgan fingerprint density at radius 3 is 2.56 bits per heavy atom. The SMILES string of the molecule is O=C(Nc1ccc2c(c1)C(=O)N(CC1CCCO1)C2=O)C1CCCO1. The second kappa shape index (κ2) is 6.57. The summed E-state index contributed by atoms with van der Waals surface area (Å²) < 4.78 is 10.9. The molecule has 0 aliphatic carbocycles. The Hall–Kier alpha value is -2.25. The zero-order valence-electron chi connectivity index (χ0n) is 13.8. The number of amides is 3. The third-order valence-corrected chi connectivity index (χ3v) is 4.87. The number of fused-ring (bicyclic) bond motifs is 1. The summed E-state index contributed by atoms with van der Waals surface area (Å²) >= 11 is 0. The molecule has 2 fully saturated rings. The van der Waals surface area contributed by atoms with Crippen molar-refractivity contribution in [1.29, 1.82) is 0 Å². The van der Waals surface area contributed by atoms with E-state index in [1.807, 2.05) is 0 Å². The molecule has 0 bridgehead atoms. The van der Waals surface area contributed by atoms with Crippen molar-refractivity contribution in [3.63, 3.8) is 0 Å². The molecule has 4 rings (SSSR count). The van der Waals surface area contributed by atoms with E-state index >= 15 is 0 Å². The molecule has 2 unspecified atom stereocenters. The van der Waals surface area contributed by atoms with E-state index in [-0.39, 0.29) is 30.4 Å². The van der Waals surface area contributed by atoms with Crippen LogP contribution in [0.4, 0.5) is 5.69 Å². The molecule has 1 aromatic rings. The molecule has 0 spiro atoms. The Bertz CT molecular complexity index is 720. The quantitative estimate of drug-likeness (QED) is 0.838. The van der Waals surface area contributed by atoms with Crippen LogP contribution < -0.4 is 5.32 Å². The first kappa shape index (κ1) is 16.2. The van der Waals surface area contributed by atoms with Gasteiger partial charge in [-0.2, -0.15) is 0 Å². The number of carbonyl (C=O) groups is 3. The van der Waals surface area contributed by atoms with Crippen LogP contribution in [0.25, 0.3) is 0 Å². The van der Waals surface area contributed by atoms with E-state index < -0.39 is 6.10 Å². The van der Waals surface area contributed by atoms with Gasteiger partial charge in [-0.15, -0.1) is 0 Å². The Morgan fingerprint density at radius 2 is 1.84 bits per heavy atom. The molecule has 2 atom stereocenters. The van der Waals surface area contributed by atoms with Crippen molar-refractivity contribution < 1.29 is 23.9 Å². The van der Waals surface area contributed by atoms with Gasteiger partial charge in [0.05, 0.1) is 23.8 Å². The molecule has 0 aromatic heterocycles. The normalized spacial score (nSPS) is 25.5. The molecule has 7 nitrogen and oxygen atoms in total. The lowest BCUT2D eigenvalue weighted by atomic mass is 10.1. The largest absolute Gasteiger partial charge is 0.376 e. The van der Waals surface area contributed by atoms with E-state index in [4.69, 9.17) is 9.47 Å². The van der Waals surface area contributed by atoms with Crippen molar-refractivity contribution in [3.05, 3.63) is 29.3 Å². The Morgan fingerprint density at radius 1 is 1.08 bits per heavy atom. The van der Waals surface area contributed by atoms with Crippen LogP contribution in [0.5, 0.6) is 0 Å². The average Bonchev–Trinajstić information content (AvgIpc) is 3.34. The highest BCUT2D eigenvalue weighted by molar-refractivity contribution is 6.22. The molecule has 132 valence electrons. The van der Waals surface area contributed by atoms with Gasteiger partial charge in [0.25, 0.3) is 17.7 Å². The van der Waals surface area contributed by atoms with Crippen LogP contribution in [0, 0.1) is 0 Å². The lowest BCUT2D eigenvalue weighted by Gasteiger charge is -2.17. The minimum Gasteiger partial charge on any atom is -0.376 e. The van der Waals surface area contributed by atoms with E-state index in [1.54, 1.807) is 18.2 Å². The maximum absolute atomic E-state index is 12.6. The van der Waals surface area contributed by atoms with Gasteiger partial charge in [0.1, 0.15) is 6.10 Å². The molecule has 3 aliphatic rings. The van der Waals surface area contributed by atoms with Gasteiger partial charge in [0.2, 0.25) is 0 Å². The third-order valence-electron chi connectivity index (χ3n) is 4.87. The molecular formula is C18H20N2O5. The highest BCUT2D eigenvalue weighted by Crippen LogP contribution is 2.28. The molecule has 7 heteroatoms. The third kappa shape index (κ3) is 3.05. The number of hydrogen-bond acceptors (Lipinski definition) is 5. The Balaban J connectivity index is 1.49. The fraction of sp³-hybridized carbons (Fsp3) is 0.500. The number of anilines is 1. The van der Waals surface area contributed by atoms with Gasteiger partial charge in [-0.05, 0) is 43.9 Å². The van der Waals surface area contributed by atoms with Crippen molar-refractivity contribution in [2.45, 2.75) is 37.9 Å². The standard InChI is InChI=1S/C18H20N2O5/c21-16(15-4-2-8-25-15)19-11-5-6-13-14(9-11)18(23)20(17(13)22)10-12-3-1-7-24-12/h5-6,9,12,15H,1-4,7-8,10H2,(H,19,21). The minimum absolute atomic E-state index is 0.0825. The summed E-state index contributed by atoms with van der Waals surface area (Å²) in [6.45, 7) is 1.55. The summed E-state index contributed by atoms with van der Waals surface area (Å²) in [4.78, 5) is 38.5. The van der Waals surface area contributed by atoms with Crippen LogP contribution >= 0.6 is 0 Å². The Kier molecular flexibility index (Phi) is 4.27. The summed E-state index contributed by atoms with van der Waals surface area (Å²) in [5.74, 6) is -0.846. The summed E-state index contributed by atoms with van der Waals surface area (Å²) in [6, 6.07) is 4.81. The van der Waals surface area contributed by atoms with Crippen molar-refractivity contribution in [1.82, 2.24) is 4.90 Å². The fourth-order valence-corrected chi connectivity index (χ4v) is 3.53. The van der Waals surface area contributed by atoms with Crippen molar-refractivity contribution in [2.24, 2.45) is 0 Å². The summed E-state index contributed by atoms with van der Waals surface area (Å²) in [6.07, 6.45) is 2.85. The van der Waals surface area contributed by atoms with Gasteiger partial charge in [-0.25, -0.2) is 0 Å². The van der Waals surface area contributed by atoms with Gasteiger partial charge in [0, 0.05) is 18.9 Å². The van der Waals surface area contributed by atoms with E-state index in [2.05, 4.69) is 5.32 Å². The number of imide groups is 1. The molecule has 3 aliphatic heterocycles. The zero-order chi connectivity index (χ0) is 17.4. The molecule has 0 saturated carbocycles. The number of rotatable bonds is 4. The average molecular weight is 344 g/mol. The predicted octanol–water partition coefficient (Wildman–Crippen LogP) is 1.58. The van der Waals surface area contributed by atoms with E-state index in [1.165, 1.54) is 4.90 Å². The molecule has 0 radical (unpaired) electrons. The molecule has 1 aromatic carbocycles. The van der Waals surface area contributed by atoms with Crippen molar-refractivity contribution >= 4 is 23.4 Å². The van der Waals surface area contributed by atoms with Gasteiger partial charge in [0.15, 0.2) is 0 Å². The summed E-state index contributed by atoms with van der Waals surface area (Å²) in [5, 5.41) is 2.77. The van der Waals surface area contributed by atoms with Gasteiger partial charge < -0.3 is 14.8 Å². The maximum atomic E-state index is 12.6. The summed E-state index contributed by atoms with van der Waals surface area (Å²) in [7, 11) is 0. The lowest BCUT2D eigenvalue weighted by molar-refractivity contribution is -0.124. The van der Waals surface area contributed by atoms with E-state index in [9.17, 15) is 14.4 Å². The number of nitrogens with zero attached hydrogens (tertiary/aromatic N) is 1. The van der Waals surface area contributed by atoms with Crippen LogP contribution in [0.3, 0.4) is 0 Å². The van der Waals surface area contributed by atoms with Crippen LogP contribution in [-0.2, 0) is 14.3 Å². The topological polar surface area (TPSA) is 84.9 Å². The molecule has 1 N–H and O–H groups in total. The van der Waals surface area contributed by atoms with E-state index in [0.717, 1.165) is 19.3 Å². The highest BCUT2D eigenvalue weighted by Gasteiger charge is 2.37. The van der Waals surface area contributed by atoms with Crippen molar-refractivity contribution in [2.75, 3.05) is 25.1 Å². The predicted molar refractivity (Wildman–Crippen MR) is 88.4 cm³/mol. The fourth-order valence-electron chi connectivity index (χ4n) is 3.53. The molecule has 3 amide bonds. The number of hydrogen-bond donors (Lipinski definition) is 1. The van der Waals surface area contributed by atoms with Gasteiger partial charge in [-0.1, -0.05) is 0 Å². The van der Waals surface area contributed by atoms with Crippen LogP contribution in [0.2, 0.25) is 0 Å². The number of nitrogens with one attached hydrogen (secondary N) is 1. The number of ether oxygens (including phenoxy) is 2. The van der Waals surface area contributed by atoms with Gasteiger partial charge >= 0.3 is 0 Å². The first-order valence-corrected chi connectivity index (χ1v) is 8.68. The Labute approximate surface area is 145 Å². The van der Waals surface area contributed by atoms with Crippen LogP contribution in [-0.4, -0.2) is 54.6 Å². The highest BCUT2D eigenvalue weighted by atomic mass is 16.5. The first-order chi connectivity index (χ1) is 12.1. The first-order valence-electron chi connectivity index (χ1n) is 8.68. The van der Waals surface area contributed by atoms with Crippen LogP contribution in [0.1, 0.15) is 46.4 Å². The second-order valence-corrected chi connectivity index (χ2v) is 6.61. The summed E-state index contributed by atoms with van der Waals surface area (Å²) in [5.41, 5.74) is 1.20. The zero-order valence-corrected chi connectivity index (χ0v) is 13.8. The van der Waals surface area contributed by atoms with Crippen molar-refractivity contribution in [3.8, 4) is 0 Å².